The fraction of sp³-hybridized carbons (Fsp3) is 0.381. The number of rotatable bonds is 6. The van der Waals surface area contributed by atoms with Crippen molar-refractivity contribution < 1.29 is 4.74 Å². The molecule has 2 aromatic carbocycles. The minimum atomic E-state index is 0.701. The molecule has 4 rings (SSSR count). The lowest BCUT2D eigenvalue weighted by molar-refractivity contribution is 0.240. The van der Waals surface area contributed by atoms with Gasteiger partial charge in [-0.2, -0.15) is 0 Å². The van der Waals surface area contributed by atoms with E-state index in [2.05, 4.69) is 21.6 Å². The van der Waals surface area contributed by atoms with Crippen LogP contribution in [0.1, 0.15) is 6.42 Å². The summed E-state index contributed by atoms with van der Waals surface area (Å²) < 4.78 is 5.42. The zero-order valence-corrected chi connectivity index (χ0v) is 16.4. The lowest BCUT2D eigenvalue weighted by Gasteiger charge is -2.27. The smallest absolute Gasteiger partial charge is 0.119 e. The molecule has 27 heavy (non-hydrogen) atoms. The molecule has 0 unspecified atom stereocenters. The Kier molecular flexibility index (Phi) is 5.62. The van der Waals surface area contributed by atoms with Gasteiger partial charge in [0.2, 0.25) is 0 Å². The third-order valence-corrected chi connectivity index (χ3v) is 5.34. The number of nitrogens with zero attached hydrogens (tertiary/aromatic N) is 2. The third kappa shape index (κ3) is 4.10. The van der Waals surface area contributed by atoms with Crippen molar-refractivity contribution in [1.29, 1.82) is 0 Å². The van der Waals surface area contributed by atoms with Gasteiger partial charge in [-0.1, -0.05) is 11.6 Å². The second kappa shape index (κ2) is 8.30. The van der Waals surface area contributed by atoms with Crippen LogP contribution in [-0.2, 0) is 0 Å². The molecule has 0 amide bonds. The van der Waals surface area contributed by atoms with E-state index in [0.717, 1.165) is 78.9 Å². The van der Waals surface area contributed by atoms with Crippen LogP contribution in [0.15, 0.2) is 36.4 Å². The Balaban J connectivity index is 1.61. The number of fused-ring (bicyclic) bond motifs is 2. The van der Waals surface area contributed by atoms with Crippen LogP contribution in [0.5, 0.6) is 5.75 Å². The SMILES string of the molecule is COc1ccc2nc3cc(Cl)ccc3c(NCCCN3CCNCC3)c2c1. The predicted molar refractivity (Wildman–Crippen MR) is 113 cm³/mol. The van der Waals surface area contributed by atoms with Crippen LogP contribution in [0, 0.1) is 0 Å². The van der Waals surface area contributed by atoms with E-state index in [1.54, 1.807) is 7.11 Å². The van der Waals surface area contributed by atoms with Crippen molar-refractivity contribution in [3.63, 3.8) is 0 Å². The topological polar surface area (TPSA) is 49.4 Å². The Bertz CT molecular complexity index is 940. The first-order chi connectivity index (χ1) is 13.2. The number of nitrogens with one attached hydrogen (secondary N) is 2. The summed E-state index contributed by atoms with van der Waals surface area (Å²) in [7, 11) is 1.69. The minimum Gasteiger partial charge on any atom is -0.497 e. The number of piperazine rings is 1. The van der Waals surface area contributed by atoms with Gasteiger partial charge in [-0.3, -0.25) is 0 Å². The van der Waals surface area contributed by atoms with Gasteiger partial charge in [-0.25, -0.2) is 4.98 Å². The largest absolute Gasteiger partial charge is 0.497 e. The van der Waals surface area contributed by atoms with Crippen molar-refractivity contribution >= 4 is 39.1 Å². The van der Waals surface area contributed by atoms with Crippen molar-refractivity contribution in [2.45, 2.75) is 6.42 Å². The molecule has 5 nitrogen and oxygen atoms in total. The molecular formula is C21H25ClN4O. The summed E-state index contributed by atoms with van der Waals surface area (Å²) in [6, 6.07) is 11.9. The molecule has 1 aliphatic rings. The molecule has 0 bridgehead atoms. The molecule has 2 heterocycles. The number of hydrogen-bond acceptors (Lipinski definition) is 5. The first kappa shape index (κ1) is 18.3. The summed E-state index contributed by atoms with van der Waals surface area (Å²) >= 11 is 6.19. The molecule has 1 saturated heterocycles. The summed E-state index contributed by atoms with van der Waals surface area (Å²) in [5.41, 5.74) is 2.95. The Labute approximate surface area is 164 Å². The summed E-state index contributed by atoms with van der Waals surface area (Å²) in [5, 5.41) is 9.92. The van der Waals surface area contributed by atoms with E-state index in [9.17, 15) is 0 Å². The molecule has 142 valence electrons. The van der Waals surface area contributed by atoms with Gasteiger partial charge in [-0.05, 0) is 49.4 Å². The molecule has 0 saturated carbocycles. The number of halogens is 1. The van der Waals surface area contributed by atoms with Gasteiger partial charge < -0.3 is 20.3 Å². The van der Waals surface area contributed by atoms with E-state index >= 15 is 0 Å². The van der Waals surface area contributed by atoms with Gasteiger partial charge in [0.25, 0.3) is 0 Å². The van der Waals surface area contributed by atoms with Crippen molar-refractivity contribution in [1.82, 2.24) is 15.2 Å². The zero-order valence-electron chi connectivity index (χ0n) is 15.6. The standard InChI is InChI=1S/C21H25ClN4O/c1-27-16-4-6-19-18(14-16)21(17-5-3-15(22)13-20(17)25-19)24-7-2-10-26-11-8-23-9-12-26/h3-6,13-14,23H,2,7-12H2,1H3,(H,24,25). The van der Waals surface area contributed by atoms with E-state index in [1.807, 2.05) is 30.3 Å². The van der Waals surface area contributed by atoms with Crippen LogP contribution >= 0.6 is 11.6 Å². The molecule has 0 aliphatic carbocycles. The molecule has 0 spiro atoms. The molecule has 3 aromatic rings. The highest BCUT2D eigenvalue weighted by Gasteiger charge is 2.12. The summed E-state index contributed by atoms with van der Waals surface area (Å²) in [4.78, 5) is 7.30. The van der Waals surface area contributed by atoms with Gasteiger partial charge in [0, 0.05) is 48.5 Å². The van der Waals surface area contributed by atoms with Gasteiger partial charge in [-0.15, -0.1) is 0 Å². The zero-order chi connectivity index (χ0) is 18.6. The fourth-order valence-corrected chi connectivity index (χ4v) is 3.83. The van der Waals surface area contributed by atoms with Crippen LogP contribution in [0.3, 0.4) is 0 Å². The van der Waals surface area contributed by atoms with Gasteiger partial charge in [0.1, 0.15) is 5.75 Å². The minimum absolute atomic E-state index is 0.701. The Hall–Kier alpha value is -2.08. The molecule has 0 radical (unpaired) electrons. The van der Waals surface area contributed by atoms with Crippen LogP contribution in [0.4, 0.5) is 5.69 Å². The van der Waals surface area contributed by atoms with Gasteiger partial charge in [0.05, 0.1) is 23.8 Å². The lowest BCUT2D eigenvalue weighted by Crippen LogP contribution is -2.44. The molecule has 2 N–H and O–H groups in total. The summed E-state index contributed by atoms with van der Waals surface area (Å²) in [6.45, 7) is 6.48. The number of hydrogen-bond donors (Lipinski definition) is 2. The Morgan fingerprint density at radius 3 is 2.78 bits per heavy atom. The maximum absolute atomic E-state index is 6.19. The Morgan fingerprint density at radius 2 is 1.96 bits per heavy atom. The van der Waals surface area contributed by atoms with Crippen molar-refractivity contribution in [2.75, 3.05) is 51.7 Å². The number of methoxy groups -OCH3 is 1. The normalized spacial score (nSPS) is 15.3. The highest BCUT2D eigenvalue weighted by molar-refractivity contribution is 6.31. The first-order valence-electron chi connectivity index (χ1n) is 9.48. The van der Waals surface area contributed by atoms with E-state index in [0.29, 0.717) is 5.02 Å². The molecular weight excluding hydrogens is 360 g/mol. The monoisotopic (exact) mass is 384 g/mol. The number of pyridine rings is 1. The van der Waals surface area contributed by atoms with Crippen LogP contribution in [0.2, 0.25) is 5.02 Å². The lowest BCUT2D eigenvalue weighted by atomic mass is 10.1. The Morgan fingerprint density at radius 1 is 1.11 bits per heavy atom. The maximum Gasteiger partial charge on any atom is 0.119 e. The number of aromatic nitrogens is 1. The van der Waals surface area contributed by atoms with Gasteiger partial charge in [0.15, 0.2) is 0 Å². The van der Waals surface area contributed by atoms with Crippen LogP contribution in [0.25, 0.3) is 21.8 Å². The summed E-state index contributed by atoms with van der Waals surface area (Å²) in [6.07, 6.45) is 1.10. The van der Waals surface area contributed by atoms with Crippen LogP contribution in [-0.4, -0.2) is 56.3 Å². The van der Waals surface area contributed by atoms with E-state index in [4.69, 9.17) is 21.3 Å². The predicted octanol–water partition coefficient (Wildman–Crippen LogP) is 3.76. The maximum atomic E-state index is 6.19. The average Bonchev–Trinajstić information content (AvgIpc) is 2.70. The highest BCUT2D eigenvalue weighted by atomic mass is 35.5. The van der Waals surface area contributed by atoms with E-state index < -0.39 is 0 Å². The van der Waals surface area contributed by atoms with Gasteiger partial charge >= 0.3 is 0 Å². The van der Waals surface area contributed by atoms with Crippen molar-refractivity contribution in [3.05, 3.63) is 41.4 Å². The van der Waals surface area contributed by atoms with E-state index in [1.165, 1.54) is 0 Å². The molecule has 0 atom stereocenters. The molecule has 6 heteroatoms. The van der Waals surface area contributed by atoms with Crippen LogP contribution < -0.4 is 15.4 Å². The van der Waals surface area contributed by atoms with Crippen molar-refractivity contribution in [2.24, 2.45) is 0 Å². The van der Waals surface area contributed by atoms with E-state index in [-0.39, 0.29) is 0 Å². The third-order valence-electron chi connectivity index (χ3n) is 5.11. The average molecular weight is 385 g/mol. The molecule has 1 aromatic heterocycles. The molecule has 1 fully saturated rings. The second-order valence-electron chi connectivity index (χ2n) is 6.90. The number of ether oxygens (including phenoxy) is 1. The first-order valence-corrected chi connectivity index (χ1v) is 9.86. The quantitative estimate of drug-likeness (QED) is 0.500. The number of anilines is 1. The molecule has 1 aliphatic heterocycles. The highest BCUT2D eigenvalue weighted by Crippen LogP contribution is 2.34. The fourth-order valence-electron chi connectivity index (χ4n) is 3.66. The second-order valence-corrected chi connectivity index (χ2v) is 7.34. The summed E-state index contributed by atoms with van der Waals surface area (Å²) in [5.74, 6) is 0.835. The number of benzene rings is 2. The van der Waals surface area contributed by atoms with Crippen molar-refractivity contribution in [3.8, 4) is 5.75 Å².